The van der Waals surface area contributed by atoms with Crippen LogP contribution < -0.4 is 0 Å². The van der Waals surface area contributed by atoms with Crippen molar-refractivity contribution in [2.45, 2.75) is 61.6 Å². The number of carbonyl (C=O) groups excluding carboxylic acids is 2. The summed E-state index contributed by atoms with van der Waals surface area (Å²) < 4.78 is 23.6. The molecule has 5 rings (SSSR count). The second-order valence-electron chi connectivity index (χ2n) is 11.7. The van der Waals surface area contributed by atoms with Crippen LogP contribution in [0.2, 0.25) is 0 Å². The Bertz CT molecular complexity index is 1110. The third kappa shape index (κ3) is 4.70. The number of hydrogen-bond donors (Lipinski definition) is 1. The zero-order valence-corrected chi connectivity index (χ0v) is 22.9. The standard InChI is InChI=1S/C27H40N4O5S/c1-28(2)26(22-7-4-3-5-8-22)11-13-27(14-12-26)23(32)30(16-15-29-17-19-37(35,36)20-18-29)24(33)31(27)21-25(34)9-6-10-25/h3-5,7-8,34H,6,9-21H2,1-2H3/t26-,27+. The molecule has 1 aromatic carbocycles. The maximum Gasteiger partial charge on any atom is 0.327 e. The molecule has 37 heavy (non-hydrogen) atoms. The molecule has 0 bridgehead atoms. The Kier molecular flexibility index (Phi) is 6.92. The minimum atomic E-state index is -2.99. The molecule has 4 fully saturated rings. The van der Waals surface area contributed by atoms with Crippen LogP contribution in [0.25, 0.3) is 0 Å². The lowest BCUT2D eigenvalue weighted by atomic mass is 9.67. The minimum Gasteiger partial charge on any atom is -0.388 e. The Morgan fingerprint density at radius 1 is 0.919 bits per heavy atom. The van der Waals surface area contributed by atoms with Crippen LogP contribution in [0, 0.1) is 0 Å². The molecule has 204 valence electrons. The van der Waals surface area contributed by atoms with E-state index in [1.807, 2.05) is 23.1 Å². The average molecular weight is 533 g/mol. The van der Waals surface area contributed by atoms with Gasteiger partial charge in [-0.3, -0.25) is 19.5 Å². The van der Waals surface area contributed by atoms with E-state index in [-0.39, 0.29) is 42.1 Å². The molecule has 2 saturated heterocycles. The van der Waals surface area contributed by atoms with Gasteiger partial charge in [0, 0.05) is 31.7 Å². The van der Waals surface area contributed by atoms with Gasteiger partial charge in [0.05, 0.1) is 23.7 Å². The van der Waals surface area contributed by atoms with Crippen molar-refractivity contribution in [1.29, 1.82) is 0 Å². The predicted octanol–water partition coefficient (Wildman–Crippen LogP) is 1.67. The van der Waals surface area contributed by atoms with Crippen molar-refractivity contribution >= 4 is 21.8 Å². The first kappa shape index (κ1) is 26.6. The fourth-order valence-electron chi connectivity index (χ4n) is 6.75. The molecule has 0 atom stereocenters. The number of urea groups is 1. The molecule has 2 aliphatic carbocycles. The summed E-state index contributed by atoms with van der Waals surface area (Å²) in [6.45, 7) is 1.75. The summed E-state index contributed by atoms with van der Waals surface area (Å²) in [6, 6.07) is 10.1. The lowest BCUT2D eigenvalue weighted by Crippen LogP contribution is -2.60. The number of nitrogens with zero attached hydrogens (tertiary/aromatic N) is 4. The van der Waals surface area contributed by atoms with E-state index in [0.29, 0.717) is 45.3 Å². The monoisotopic (exact) mass is 532 g/mol. The Morgan fingerprint density at radius 3 is 2.08 bits per heavy atom. The second kappa shape index (κ2) is 9.63. The molecule has 9 nitrogen and oxygen atoms in total. The summed E-state index contributed by atoms with van der Waals surface area (Å²) in [5, 5.41) is 11.0. The molecule has 2 aliphatic heterocycles. The summed E-state index contributed by atoms with van der Waals surface area (Å²) in [4.78, 5) is 35.1. The number of benzene rings is 1. The molecule has 3 amide bonds. The predicted molar refractivity (Wildman–Crippen MR) is 141 cm³/mol. The molecule has 10 heteroatoms. The Balaban J connectivity index is 1.37. The lowest BCUT2D eigenvalue weighted by Gasteiger charge is -2.51. The SMILES string of the molecule is CN(C)[C@]1(c2ccccc2)CC[C@]2(CC1)C(=O)N(CCN1CCS(=O)(=O)CC1)C(=O)N2CC1(O)CCC1. The molecule has 2 saturated carbocycles. The summed E-state index contributed by atoms with van der Waals surface area (Å²) in [5.74, 6) is 0.0687. The van der Waals surface area contributed by atoms with Gasteiger partial charge in [0.2, 0.25) is 0 Å². The summed E-state index contributed by atoms with van der Waals surface area (Å²) in [6.07, 6.45) is 4.77. The highest BCUT2D eigenvalue weighted by Gasteiger charge is 2.61. The van der Waals surface area contributed by atoms with E-state index in [2.05, 4.69) is 31.1 Å². The molecule has 1 aromatic rings. The fraction of sp³-hybridized carbons (Fsp3) is 0.704. The molecule has 0 unspecified atom stereocenters. The average Bonchev–Trinajstić information content (AvgIpc) is 3.04. The lowest BCUT2D eigenvalue weighted by molar-refractivity contribution is -0.139. The highest BCUT2D eigenvalue weighted by atomic mass is 32.2. The maximum atomic E-state index is 14.0. The first-order valence-electron chi connectivity index (χ1n) is 13.5. The van der Waals surface area contributed by atoms with Crippen LogP contribution in [0.3, 0.4) is 0 Å². The minimum absolute atomic E-state index is 0.115. The van der Waals surface area contributed by atoms with Gasteiger partial charge in [0.1, 0.15) is 5.54 Å². The largest absolute Gasteiger partial charge is 0.388 e. The Morgan fingerprint density at radius 2 is 1.54 bits per heavy atom. The molecule has 4 aliphatic rings. The van der Waals surface area contributed by atoms with Gasteiger partial charge < -0.3 is 10.0 Å². The zero-order chi connectivity index (χ0) is 26.5. The summed E-state index contributed by atoms with van der Waals surface area (Å²) in [7, 11) is 1.16. The normalized spacial score (nSPS) is 31.8. The van der Waals surface area contributed by atoms with E-state index in [1.54, 1.807) is 4.90 Å². The smallest absolute Gasteiger partial charge is 0.327 e. The van der Waals surface area contributed by atoms with E-state index in [4.69, 9.17) is 0 Å². The topological polar surface area (TPSA) is 101 Å². The molecular formula is C27H40N4O5S. The summed E-state index contributed by atoms with van der Waals surface area (Å²) in [5.41, 5.74) is -0.869. The van der Waals surface area contributed by atoms with Crippen LogP contribution in [-0.4, -0.2) is 115 Å². The first-order chi connectivity index (χ1) is 17.5. The second-order valence-corrected chi connectivity index (χ2v) is 14.0. The van der Waals surface area contributed by atoms with E-state index in [0.717, 1.165) is 19.3 Å². The molecule has 1 N–H and O–H groups in total. The van der Waals surface area contributed by atoms with Crippen molar-refractivity contribution in [2.24, 2.45) is 0 Å². The molecular weight excluding hydrogens is 492 g/mol. The quantitative estimate of drug-likeness (QED) is 0.533. The zero-order valence-electron chi connectivity index (χ0n) is 22.1. The van der Waals surface area contributed by atoms with E-state index >= 15 is 0 Å². The third-order valence-electron chi connectivity index (χ3n) is 9.51. The number of sulfone groups is 1. The first-order valence-corrected chi connectivity index (χ1v) is 15.3. The van der Waals surface area contributed by atoms with Gasteiger partial charge in [0.15, 0.2) is 9.84 Å². The van der Waals surface area contributed by atoms with Crippen LogP contribution in [0.15, 0.2) is 30.3 Å². The van der Waals surface area contributed by atoms with Crippen LogP contribution in [0.5, 0.6) is 0 Å². The van der Waals surface area contributed by atoms with Crippen molar-refractivity contribution in [3.8, 4) is 0 Å². The van der Waals surface area contributed by atoms with E-state index in [1.165, 1.54) is 10.5 Å². The number of hydrogen-bond acceptors (Lipinski definition) is 7. The molecule has 0 radical (unpaired) electrons. The maximum absolute atomic E-state index is 14.0. The molecule has 1 spiro atoms. The van der Waals surface area contributed by atoms with Gasteiger partial charge in [-0.25, -0.2) is 13.2 Å². The van der Waals surface area contributed by atoms with Gasteiger partial charge in [-0.1, -0.05) is 30.3 Å². The van der Waals surface area contributed by atoms with Crippen LogP contribution in [-0.2, 0) is 20.2 Å². The summed E-state index contributed by atoms with van der Waals surface area (Å²) >= 11 is 0. The highest BCUT2D eigenvalue weighted by Crippen LogP contribution is 2.50. The third-order valence-corrected chi connectivity index (χ3v) is 11.1. The van der Waals surface area contributed by atoms with Crippen molar-refractivity contribution in [3.63, 3.8) is 0 Å². The number of imide groups is 1. The van der Waals surface area contributed by atoms with Crippen LogP contribution in [0.1, 0.15) is 50.5 Å². The van der Waals surface area contributed by atoms with Crippen molar-refractivity contribution in [1.82, 2.24) is 19.6 Å². The Hall–Kier alpha value is -2.01. The van der Waals surface area contributed by atoms with E-state index in [9.17, 15) is 23.1 Å². The molecule has 0 aromatic heterocycles. The number of β-amino-alcohol motifs (C(OH)–C–C–N with tert-alkyl or cyclic N) is 1. The van der Waals surface area contributed by atoms with Gasteiger partial charge in [-0.2, -0.15) is 0 Å². The Labute approximate surface area is 220 Å². The highest BCUT2D eigenvalue weighted by molar-refractivity contribution is 7.91. The fourth-order valence-corrected chi connectivity index (χ4v) is 8.03. The van der Waals surface area contributed by atoms with Gasteiger partial charge in [-0.15, -0.1) is 0 Å². The number of aliphatic hydroxyl groups is 1. The van der Waals surface area contributed by atoms with Crippen LogP contribution >= 0.6 is 0 Å². The number of carbonyl (C=O) groups is 2. The number of amides is 3. The van der Waals surface area contributed by atoms with Crippen LogP contribution in [0.4, 0.5) is 4.79 Å². The van der Waals surface area contributed by atoms with Gasteiger partial charge in [0.25, 0.3) is 5.91 Å². The molecule has 2 heterocycles. The van der Waals surface area contributed by atoms with Gasteiger partial charge in [-0.05, 0) is 64.6 Å². The van der Waals surface area contributed by atoms with Crippen molar-refractivity contribution in [3.05, 3.63) is 35.9 Å². The van der Waals surface area contributed by atoms with Gasteiger partial charge >= 0.3 is 6.03 Å². The number of rotatable bonds is 7. The van der Waals surface area contributed by atoms with E-state index < -0.39 is 21.0 Å². The van der Waals surface area contributed by atoms with Crippen molar-refractivity contribution in [2.75, 3.05) is 58.3 Å². The van der Waals surface area contributed by atoms with Crippen molar-refractivity contribution < 1.29 is 23.1 Å².